The van der Waals surface area contributed by atoms with Gasteiger partial charge in [0.2, 0.25) is 0 Å². The minimum atomic E-state index is -2.39. The number of rotatable bonds is 2. The molecule has 1 aliphatic heterocycles. The van der Waals surface area contributed by atoms with Crippen molar-refractivity contribution in [1.82, 2.24) is 4.90 Å². The molecular formula is C8H16F2N2. The number of hydrogen-bond acceptors (Lipinski definition) is 2. The van der Waals surface area contributed by atoms with Crippen molar-refractivity contribution in [2.45, 2.75) is 37.8 Å². The molecule has 0 spiro atoms. The van der Waals surface area contributed by atoms with E-state index in [0.29, 0.717) is 0 Å². The van der Waals surface area contributed by atoms with E-state index in [9.17, 15) is 8.78 Å². The summed E-state index contributed by atoms with van der Waals surface area (Å²) in [6.07, 6.45) is 0.538. The Morgan fingerprint density at radius 3 is 2.58 bits per heavy atom. The summed E-state index contributed by atoms with van der Waals surface area (Å²) in [4.78, 5) is 1.94. The lowest BCUT2D eigenvalue weighted by Gasteiger charge is -2.35. The smallest absolute Gasteiger partial charge is 0.255 e. The summed E-state index contributed by atoms with van der Waals surface area (Å²) in [5, 5.41) is 0. The van der Waals surface area contributed by atoms with Crippen molar-refractivity contribution in [3.05, 3.63) is 0 Å². The third-order valence-corrected chi connectivity index (χ3v) is 2.56. The van der Waals surface area contributed by atoms with Crippen molar-refractivity contribution in [2.75, 3.05) is 13.6 Å². The Balaban J connectivity index is 2.47. The summed E-state index contributed by atoms with van der Waals surface area (Å²) in [6.45, 7) is 0.894. The van der Waals surface area contributed by atoms with Gasteiger partial charge in [0, 0.05) is 6.04 Å². The van der Waals surface area contributed by atoms with Crippen LogP contribution in [0.5, 0.6) is 0 Å². The summed E-state index contributed by atoms with van der Waals surface area (Å²) in [6, 6.07) is -1.10. The Bertz CT molecular complexity index is 141. The average molecular weight is 178 g/mol. The van der Waals surface area contributed by atoms with Gasteiger partial charge in [-0.1, -0.05) is 6.42 Å². The summed E-state index contributed by atoms with van der Waals surface area (Å²) in [5.74, 6) is 0. The first-order chi connectivity index (χ1) is 5.63. The molecule has 1 saturated heterocycles. The van der Waals surface area contributed by atoms with Crippen LogP contribution in [0.1, 0.15) is 19.3 Å². The van der Waals surface area contributed by atoms with E-state index in [1.54, 1.807) is 0 Å². The van der Waals surface area contributed by atoms with Gasteiger partial charge in [-0.3, -0.25) is 0 Å². The Morgan fingerprint density at radius 1 is 1.42 bits per heavy atom. The number of likely N-dealkylation sites (N-methyl/N-ethyl adjacent to an activating group) is 1. The van der Waals surface area contributed by atoms with Crippen molar-refractivity contribution in [1.29, 1.82) is 0 Å². The number of halogens is 2. The van der Waals surface area contributed by atoms with Crippen LogP contribution in [0.25, 0.3) is 0 Å². The number of nitrogens with two attached hydrogens (primary N) is 1. The van der Waals surface area contributed by atoms with Crippen LogP contribution < -0.4 is 5.73 Å². The third-order valence-electron chi connectivity index (χ3n) is 2.56. The molecule has 0 saturated carbocycles. The van der Waals surface area contributed by atoms with Crippen molar-refractivity contribution in [3.63, 3.8) is 0 Å². The maximum Gasteiger partial charge on any atom is 0.255 e. The molecule has 1 aliphatic rings. The monoisotopic (exact) mass is 178 g/mol. The van der Waals surface area contributed by atoms with Crippen molar-refractivity contribution < 1.29 is 8.78 Å². The van der Waals surface area contributed by atoms with E-state index < -0.39 is 12.5 Å². The van der Waals surface area contributed by atoms with Crippen LogP contribution in [0.4, 0.5) is 8.78 Å². The normalized spacial score (nSPS) is 29.2. The van der Waals surface area contributed by atoms with E-state index in [0.717, 1.165) is 25.8 Å². The van der Waals surface area contributed by atoms with Gasteiger partial charge < -0.3 is 10.6 Å². The molecule has 1 heterocycles. The van der Waals surface area contributed by atoms with E-state index in [4.69, 9.17) is 5.73 Å². The van der Waals surface area contributed by atoms with Gasteiger partial charge in [-0.15, -0.1) is 0 Å². The first kappa shape index (κ1) is 9.86. The molecule has 2 nitrogen and oxygen atoms in total. The summed E-state index contributed by atoms with van der Waals surface area (Å²) in [5.41, 5.74) is 5.39. The minimum Gasteiger partial charge on any atom is -0.322 e. The van der Waals surface area contributed by atoms with Crippen LogP contribution in [0.15, 0.2) is 0 Å². The van der Waals surface area contributed by atoms with E-state index >= 15 is 0 Å². The Kier molecular flexibility index (Phi) is 3.40. The molecule has 0 radical (unpaired) electrons. The lowest BCUT2D eigenvalue weighted by Crippen LogP contribution is -2.51. The number of piperidine rings is 1. The van der Waals surface area contributed by atoms with Gasteiger partial charge in [-0.25, -0.2) is 8.78 Å². The van der Waals surface area contributed by atoms with Crippen LogP contribution in [-0.4, -0.2) is 37.0 Å². The number of alkyl halides is 2. The molecule has 0 aliphatic carbocycles. The molecule has 0 aromatic heterocycles. The van der Waals surface area contributed by atoms with E-state index in [1.807, 2.05) is 11.9 Å². The maximum atomic E-state index is 12.2. The molecule has 12 heavy (non-hydrogen) atoms. The molecule has 72 valence electrons. The lowest BCUT2D eigenvalue weighted by atomic mass is 9.97. The molecule has 0 aromatic carbocycles. The Hall–Kier alpha value is -0.220. The van der Waals surface area contributed by atoms with Gasteiger partial charge >= 0.3 is 0 Å². The quantitative estimate of drug-likeness (QED) is 0.685. The lowest BCUT2D eigenvalue weighted by molar-refractivity contribution is 0.0505. The molecule has 2 N–H and O–H groups in total. The molecule has 4 heteroatoms. The number of likely N-dealkylation sites (tertiary alicyclic amines) is 1. The zero-order valence-corrected chi connectivity index (χ0v) is 7.34. The largest absolute Gasteiger partial charge is 0.322 e. The zero-order valence-electron chi connectivity index (χ0n) is 7.34. The van der Waals surface area contributed by atoms with Gasteiger partial charge in [-0.2, -0.15) is 0 Å². The highest BCUT2D eigenvalue weighted by atomic mass is 19.3. The van der Waals surface area contributed by atoms with Gasteiger partial charge in [0.05, 0.1) is 6.04 Å². The van der Waals surface area contributed by atoms with E-state index in [1.165, 1.54) is 0 Å². The van der Waals surface area contributed by atoms with Crippen LogP contribution in [-0.2, 0) is 0 Å². The summed E-state index contributed by atoms with van der Waals surface area (Å²) >= 11 is 0. The predicted molar refractivity (Wildman–Crippen MR) is 44.2 cm³/mol. The second kappa shape index (κ2) is 4.14. The fraction of sp³-hybridized carbons (Fsp3) is 1.00. The average Bonchev–Trinajstić information content (AvgIpc) is 2.04. The molecule has 2 atom stereocenters. The number of hydrogen-bond donors (Lipinski definition) is 1. The SMILES string of the molecule is CN1CCCCC1C(N)C(F)F. The van der Waals surface area contributed by atoms with Gasteiger partial charge in [0.25, 0.3) is 6.43 Å². The van der Waals surface area contributed by atoms with Crippen molar-refractivity contribution in [3.8, 4) is 0 Å². The standard InChI is InChI=1S/C8H16F2N2/c1-12-5-3-2-4-6(12)7(11)8(9)10/h6-8H,2-5,11H2,1H3. The third kappa shape index (κ3) is 2.14. The summed E-state index contributed by atoms with van der Waals surface area (Å²) in [7, 11) is 1.87. The van der Waals surface area contributed by atoms with Gasteiger partial charge in [0.1, 0.15) is 0 Å². The molecule has 0 amide bonds. The Morgan fingerprint density at radius 2 is 2.08 bits per heavy atom. The van der Waals surface area contributed by atoms with E-state index in [-0.39, 0.29) is 6.04 Å². The van der Waals surface area contributed by atoms with Crippen LogP contribution >= 0.6 is 0 Å². The summed E-state index contributed by atoms with van der Waals surface area (Å²) < 4.78 is 24.5. The first-order valence-electron chi connectivity index (χ1n) is 4.37. The van der Waals surface area contributed by atoms with Gasteiger partial charge in [0.15, 0.2) is 0 Å². The molecule has 1 rings (SSSR count). The van der Waals surface area contributed by atoms with Crippen molar-refractivity contribution in [2.24, 2.45) is 5.73 Å². The number of nitrogens with zero attached hydrogens (tertiary/aromatic N) is 1. The topological polar surface area (TPSA) is 29.3 Å². The fourth-order valence-corrected chi connectivity index (χ4v) is 1.76. The highest BCUT2D eigenvalue weighted by Gasteiger charge is 2.30. The molecular weight excluding hydrogens is 162 g/mol. The molecule has 2 unspecified atom stereocenters. The van der Waals surface area contributed by atoms with Crippen molar-refractivity contribution >= 4 is 0 Å². The highest BCUT2D eigenvalue weighted by molar-refractivity contribution is 4.85. The predicted octanol–water partition coefficient (Wildman–Crippen LogP) is 1.06. The van der Waals surface area contributed by atoms with Gasteiger partial charge in [-0.05, 0) is 26.4 Å². The second-order valence-corrected chi connectivity index (χ2v) is 3.46. The van der Waals surface area contributed by atoms with Crippen LogP contribution in [0.2, 0.25) is 0 Å². The molecule has 1 fully saturated rings. The zero-order chi connectivity index (χ0) is 9.14. The molecule has 0 aromatic rings. The second-order valence-electron chi connectivity index (χ2n) is 3.46. The fourth-order valence-electron chi connectivity index (χ4n) is 1.76. The van der Waals surface area contributed by atoms with Crippen LogP contribution in [0, 0.1) is 0 Å². The molecule has 0 bridgehead atoms. The minimum absolute atomic E-state index is 0.126. The first-order valence-corrected chi connectivity index (χ1v) is 4.37. The maximum absolute atomic E-state index is 12.2. The van der Waals surface area contributed by atoms with E-state index in [2.05, 4.69) is 0 Å². The Labute approximate surface area is 71.7 Å². The van der Waals surface area contributed by atoms with Crippen LogP contribution in [0.3, 0.4) is 0 Å². The highest BCUT2D eigenvalue weighted by Crippen LogP contribution is 2.19.